The van der Waals surface area contributed by atoms with Gasteiger partial charge in [-0.2, -0.15) is 0 Å². The molecular weight excluding hydrogens is 360 g/mol. The first-order valence-electron chi connectivity index (χ1n) is 9.56. The van der Waals surface area contributed by atoms with Crippen molar-refractivity contribution in [1.29, 1.82) is 0 Å². The smallest absolute Gasteiger partial charge is 0.326 e. The van der Waals surface area contributed by atoms with E-state index >= 15 is 0 Å². The monoisotopic (exact) mass is 382 g/mol. The molecule has 1 aromatic carbocycles. The number of nitrogens with zero attached hydrogens (tertiary/aromatic N) is 1. The summed E-state index contributed by atoms with van der Waals surface area (Å²) < 4.78 is 4.96. The van der Waals surface area contributed by atoms with E-state index in [-0.39, 0.29) is 35.5 Å². The van der Waals surface area contributed by atoms with Crippen molar-refractivity contribution in [2.75, 3.05) is 18.5 Å². The third-order valence-electron chi connectivity index (χ3n) is 5.86. The van der Waals surface area contributed by atoms with E-state index in [2.05, 4.69) is 5.32 Å². The Bertz CT molecular complexity index is 830. The molecule has 146 valence electrons. The normalized spacial score (nSPS) is 27.2. The maximum Gasteiger partial charge on any atom is 0.326 e. The Kier molecular flexibility index (Phi) is 4.75. The minimum Gasteiger partial charge on any atom is -0.454 e. The number of hydrogen-bond acceptors (Lipinski definition) is 5. The highest BCUT2D eigenvalue weighted by Gasteiger charge is 2.59. The number of carbonyl (C=O) groups excluding carboxylic acids is 4. The zero-order valence-corrected chi connectivity index (χ0v) is 15.6. The lowest BCUT2D eigenvalue weighted by atomic mass is 9.85. The third kappa shape index (κ3) is 3.21. The van der Waals surface area contributed by atoms with E-state index in [0.29, 0.717) is 5.69 Å². The van der Waals surface area contributed by atoms with Gasteiger partial charge in [0.25, 0.3) is 5.91 Å². The predicted molar refractivity (Wildman–Crippen MR) is 99.8 cm³/mol. The van der Waals surface area contributed by atoms with Crippen LogP contribution in [0, 0.1) is 23.7 Å². The molecule has 1 aliphatic heterocycles. The van der Waals surface area contributed by atoms with Crippen molar-refractivity contribution >= 4 is 29.4 Å². The molecule has 4 atom stereocenters. The lowest BCUT2D eigenvalue weighted by molar-refractivity contribution is -0.154. The molecule has 1 saturated carbocycles. The molecule has 1 heterocycles. The van der Waals surface area contributed by atoms with Crippen LogP contribution in [0.5, 0.6) is 0 Å². The van der Waals surface area contributed by atoms with Crippen LogP contribution in [0.3, 0.4) is 0 Å². The molecule has 1 saturated heterocycles. The van der Waals surface area contributed by atoms with Gasteiger partial charge < -0.3 is 10.1 Å². The number of esters is 1. The van der Waals surface area contributed by atoms with E-state index in [1.54, 1.807) is 12.1 Å². The molecule has 7 nitrogen and oxygen atoms in total. The van der Waals surface area contributed by atoms with Gasteiger partial charge >= 0.3 is 5.97 Å². The van der Waals surface area contributed by atoms with Gasteiger partial charge in [-0.25, -0.2) is 0 Å². The Labute approximate surface area is 162 Å². The number of allylic oxidation sites excluding steroid dienone is 2. The lowest BCUT2D eigenvalue weighted by Gasteiger charge is -2.16. The minimum absolute atomic E-state index is 0.0948. The Morgan fingerprint density at radius 3 is 2.25 bits per heavy atom. The molecule has 2 aliphatic carbocycles. The van der Waals surface area contributed by atoms with Crippen molar-refractivity contribution < 1.29 is 23.9 Å². The van der Waals surface area contributed by atoms with Gasteiger partial charge in [0.15, 0.2) is 6.61 Å². The van der Waals surface area contributed by atoms with Crippen molar-refractivity contribution in [2.45, 2.75) is 19.8 Å². The summed E-state index contributed by atoms with van der Waals surface area (Å²) in [5.74, 6) is -2.34. The lowest BCUT2D eigenvalue weighted by Crippen LogP contribution is -2.38. The molecule has 28 heavy (non-hydrogen) atoms. The van der Waals surface area contributed by atoms with Crippen molar-refractivity contribution in [3.63, 3.8) is 0 Å². The van der Waals surface area contributed by atoms with Gasteiger partial charge in [-0.15, -0.1) is 0 Å². The van der Waals surface area contributed by atoms with Crippen LogP contribution in [0.1, 0.15) is 18.9 Å². The van der Waals surface area contributed by atoms with Crippen LogP contribution in [-0.2, 0) is 30.3 Å². The fourth-order valence-corrected chi connectivity index (χ4v) is 4.46. The Balaban J connectivity index is 1.27. The SMILES string of the molecule is CCc1ccc(NC(=O)COC(=O)CN2C(=O)[C@@H]3[C@@H](C2=O)[C@@H]2C=C[C@@H]3C2)cc1. The number of benzene rings is 1. The number of hydrogen-bond donors (Lipinski definition) is 1. The molecule has 1 aromatic rings. The maximum atomic E-state index is 12.5. The second kappa shape index (κ2) is 7.22. The van der Waals surface area contributed by atoms with Gasteiger partial charge in [0.1, 0.15) is 6.54 Å². The summed E-state index contributed by atoms with van der Waals surface area (Å²) in [6.45, 7) is 1.13. The fraction of sp³-hybridized carbons (Fsp3) is 0.429. The molecule has 0 unspecified atom stereocenters. The van der Waals surface area contributed by atoms with Crippen LogP contribution in [0.2, 0.25) is 0 Å². The maximum absolute atomic E-state index is 12.5. The summed E-state index contributed by atoms with van der Waals surface area (Å²) in [7, 11) is 0. The Hall–Kier alpha value is -2.96. The number of rotatable bonds is 6. The van der Waals surface area contributed by atoms with E-state index in [0.717, 1.165) is 23.3 Å². The number of ether oxygens (including phenoxy) is 1. The van der Waals surface area contributed by atoms with Gasteiger partial charge in [0.2, 0.25) is 11.8 Å². The first-order chi connectivity index (χ1) is 13.5. The second-order valence-electron chi connectivity index (χ2n) is 7.52. The van der Waals surface area contributed by atoms with E-state index in [4.69, 9.17) is 4.74 Å². The number of imide groups is 1. The molecule has 0 spiro atoms. The van der Waals surface area contributed by atoms with E-state index in [1.165, 1.54) is 0 Å². The van der Waals surface area contributed by atoms with Crippen LogP contribution in [0.15, 0.2) is 36.4 Å². The average molecular weight is 382 g/mol. The second-order valence-corrected chi connectivity index (χ2v) is 7.52. The summed E-state index contributed by atoms with van der Waals surface area (Å²) in [6, 6.07) is 7.37. The number of fused-ring (bicyclic) bond motifs is 5. The summed E-state index contributed by atoms with van der Waals surface area (Å²) in [5.41, 5.74) is 1.76. The number of aryl methyl sites for hydroxylation is 1. The van der Waals surface area contributed by atoms with Crippen LogP contribution < -0.4 is 5.32 Å². The topological polar surface area (TPSA) is 92.8 Å². The summed E-state index contributed by atoms with van der Waals surface area (Å²) in [4.78, 5) is 50.1. The molecule has 2 fully saturated rings. The molecule has 3 aliphatic rings. The van der Waals surface area contributed by atoms with Crippen molar-refractivity contribution in [2.24, 2.45) is 23.7 Å². The largest absolute Gasteiger partial charge is 0.454 e. The number of carbonyl (C=O) groups is 4. The molecule has 7 heteroatoms. The first-order valence-corrected chi connectivity index (χ1v) is 9.56. The van der Waals surface area contributed by atoms with Gasteiger partial charge in [-0.3, -0.25) is 24.1 Å². The van der Waals surface area contributed by atoms with Gasteiger partial charge in [0, 0.05) is 5.69 Å². The van der Waals surface area contributed by atoms with Crippen LogP contribution in [0.4, 0.5) is 5.69 Å². The highest BCUT2D eigenvalue weighted by Crippen LogP contribution is 2.52. The Morgan fingerprint density at radius 1 is 1.07 bits per heavy atom. The first kappa shape index (κ1) is 18.4. The van der Waals surface area contributed by atoms with Crippen molar-refractivity contribution in [3.05, 3.63) is 42.0 Å². The Morgan fingerprint density at radius 2 is 1.68 bits per heavy atom. The van der Waals surface area contributed by atoms with Gasteiger partial charge in [0.05, 0.1) is 11.8 Å². The molecule has 0 radical (unpaired) electrons. The number of anilines is 1. The standard InChI is InChI=1S/C21H22N2O5/c1-2-12-3-7-15(8-4-12)22-16(24)11-28-17(25)10-23-20(26)18-13-5-6-14(9-13)19(18)21(23)27/h3-8,13-14,18-19H,2,9-11H2,1H3,(H,22,24)/t13-,14-,18+,19+/m1/s1. The summed E-state index contributed by atoms with van der Waals surface area (Å²) >= 11 is 0. The molecular formula is C21H22N2O5. The zero-order valence-electron chi connectivity index (χ0n) is 15.6. The number of likely N-dealkylation sites (tertiary alicyclic amines) is 1. The zero-order chi connectivity index (χ0) is 19.8. The highest BCUT2D eigenvalue weighted by atomic mass is 16.5. The molecule has 3 amide bonds. The van der Waals surface area contributed by atoms with Crippen LogP contribution in [-0.4, -0.2) is 41.7 Å². The van der Waals surface area contributed by atoms with E-state index in [9.17, 15) is 19.2 Å². The molecule has 1 N–H and O–H groups in total. The molecule has 0 aromatic heterocycles. The van der Waals surface area contributed by atoms with Crippen molar-refractivity contribution in [1.82, 2.24) is 4.90 Å². The average Bonchev–Trinajstić information content (AvgIpc) is 3.37. The summed E-state index contributed by atoms with van der Waals surface area (Å²) in [5, 5.41) is 2.64. The van der Waals surface area contributed by atoms with Gasteiger partial charge in [-0.1, -0.05) is 31.2 Å². The van der Waals surface area contributed by atoms with Crippen LogP contribution in [0.25, 0.3) is 0 Å². The van der Waals surface area contributed by atoms with E-state index in [1.807, 2.05) is 31.2 Å². The highest BCUT2D eigenvalue weighted by molar-refractivity contribution is 6.08. The fourth-order valence-electron chi connectivity index (χ4n) is 4.46. The van der Waals surface area contributed by atoms with E-state index < -0.39 is 25.0 Å². The quantitative estimate of drug-likeness (QED) is 0.458. The number of nitrogens with one attached hydrogen (secondary N) is 1. The van der Waals surface area contributed by atoms with Crippen LogP contribution >= 0.6 is 0 Å². The molecule has 2 bridgehead atoms. The third-order valence-corrected chi connectivity index (χ3v) is 5.86. The van der Waals surface area contributed by atoms with Crippen molar-refractivity contribution in [3.8, 4) is 0 Å². The molecule has 4 rings (SSSR count). The van der Waals surface area contributed by atoms with Gasteiger partial charge in [-0.05, 0) is 42.4 Å². The predicted octanol–water partition coefficient (Wildman–Crippen LogP) is 1.54. The minimum atomic E-state index is -0.765. The summed E-state index contributed by atoms with van der Waals surface area (Å²) in [6.07, 6.45) is 5.73. The number of amides is 3.